The molecule has 0 atom stereocenters. The van der Waals surface area contributed by atoms with Gasteiger partial charge in [0, 0.05) is 39.3 Å². The molecule has 1 aromatic rings. The van der Waals surface area contributed by atoms with Gasteiger partial charge in [0.05, 0.1) is 17.9 Å². The van der Waals surface area contributed by atoms with Crippen molar-refractivity contribution >= 4 is 5.97 Å². The topological polar surface area (TPSA) is 77.5 Å². The van der Waals surface area contributed by atoms with Crippen molar-refractivity contribution in [2.45, 2.75) is 13.1 Å². The van der Waals surface area contributed by atoms with E-state index in [4.69, 9.17) is 5.11 Å². The summed E-state index contributed by atoms with van der Waals surface area (Å²) in [5.41, 5.74) is 1.91. The lowest BCUT2D eigenvalue weighted by Gasteiger charge is -2.21. The number of hydrogen-bond acceptors (Lipinski definition) is 5. The van der Waals surface area contributed by atoms with Gasteiger partial charge in [0.1, 0.15) is 0 Å². The summed E-state index contributed by atoms with van der Waals surface area (Å²) in [6, 6.07) is 5.90. The van der Waals surface area contributed by atoms with Gasteiger partial charge in [-0.3, -0.25) is 14.7 Å². The fourth-order valence-electron chi connectivity index (χ4n) is 2.11. The molecule has 0 aromatic carbocycles. The quantitative estimate of drug-likeness (QED) is 0.678. The van der Waals surface area contributed by atoms with Gasteiger partial charge in [-0.05, 0) is 12.1 Å². The van der Waals surface area contributed by atoms with E-state index in [0.717, 1.165) is 37.6 Å². The molecular weight excluding hydrogens is 244 g/mol. The summed E-state index contributed by atoms with van der Waals surface area (Å²) >= 11 is 0. The van der Waals surface area contributed by atoms with Gasteiger partial charge in [0.25, 0.3) is 0 Å². The van der Waals surface area contributed by atoms with Crippen LogP contribution in [0.1, 0.15) is 11.4 Å². The monoisotopic (exact) mass is 264 g/mol. The standard InChI is InChI=1S/C13H20N4O2/c18-13(19)10-17-7-6-14-4-5-15-8-11-2-1-3-12(9-17)16-11/h1-3,14-15H,4-10H2,(H,18,19). The molecule has 0 amide bonds. The molecule has 0 fully saturated rings. The van der Waals surface area contributed by atoms with E-state index >= 15 is 0 Å². The minimum atomic E-state index is -0.801. The van der Waals surface area contributed by atoms with Gasteiger partial charge in [-0.15, -0.1) is 0 Å². The maximum atomic E-state index is 10.9. The molecule has 0 aliphatic carbocycles. The first-order valence-electron chi connectivity index (χ1n) is 6.54. The van der Waals surface area contributed by atoms with Crippen LogP contribution < -0.4 is 10.6 Å². The highest BCUT2D eigenvalue weighted by Crippen LogP contribution is 2.04. The number of carboxylic acids is 1. The third-order valence-electron chi connectivity index (χ3n) is 3.00. The fourth-order valence-corrected chi connectivity index (χ4v) is 2.11. The lowest BCUT2D eigenvalue weighted by molar-refractivity contribution is -0.138. The minimum Gasteiger partial charge on any atom is -0.480 e. The number of fused-ring (bicyclic) bond motifs is 2. The summed E-state index contributed by atoms with van der Waals surface area (Å²) < 4.78 is 0. The van der Waals surface area contributed by atoms with Crippen LogP contribution in [0.3, 0.4) is 0 Å². The van der Waals surface area contributed by atoms with Crippen molar-refractivity contribution in [2.75, 3.05) is 32.7 Å². The highest BCUT2D eigenvalue weighted by molar-refractivity contribution is 5.69. The SMILES string of the molecule is O=C(O)CN1CCNCCNCc2cccc(n2)C1. The molecule has 104 valence electrons. The van der Waals surface area contributed by atoms with Crippen molar-refractivity contribution in [3.05, 3.63) is 29.6 Å². The summed E-state index contributed by atoms with van der Waals surface area (Å²) in [6.45, 7) is 4.61. The number of carboxylic acid groups (broad SMARTS) is 1. The van der Waals surface area contributed by atoms with E-state index in [2.05, 4.69) is 15.6 Å². The number of pyridine rings is 1. The van der Waals surface area contributed by atoms with Crippen LogP contribution in [0.25, 0.3) is 0 Å². The van der Waals surface area contributed by atoms with Crippen LogP contribution in [0.15, 0.2) is 18.2 Å². The molecule has 1 aliphatic heterocycles. The Morgan fingerprint density at radius 3 is 2.89 bits per heavy atom. The maximum Gasteiger partial charge on any atom is 0.317 e. The molecule has 6 nitrogen and oxygen atoms in total. The highest BCUT2D eigenvalue weighted by atomic mass is 16.4. The Morgan fingerprint density at radius 2 is 2.05 bits per heavy atom. The predicted molar refractivity (Wildman–Crippen MR) is 71.7 cm³/mol. The average molecular weight is 264 g/mol. The average Bonchev–Trinajstić information content (AvgIpc) is 2.36. The largest absolute Gasteiger partial charge is 0.480 e. The predicted octanol–water partition coefficient (Wildman–Crippen LogP) is -0.339. The van der Waals surface area contributed by atoms with Crippen LogP contribution in [-0.2, 0) is 17.9 Å². The maximum absolute atomic E-state index is 10.9. The van der Waals surface area contributed by atoms with Gasteiger partial charge >= 0.3 is 5.97 Å². The number of carbonyl (C=O) groups is 1. The minimum absolute atomic E-state index is 0.0475. The van der Waals surface area contributed by atoms with E-state index in [1.54, 1.807) is 0 Å². The lowest BCUT2D eigenvalue weighted by atomic mass is 10.2. The fraction of sp³-hybridized carbons (Fsp3) is 0.538. The zero-order valence-corrected chi connectivity index (χ0v) is 10.9. The van der Waals surface area contributed by atoms with Crippen molar-refractivity contribution in [3.8, 4) is 0 Å². The summed E-state index contributed by atoms with van der Waals surface area (Å²) in [4.78, 5) is 17.3. The summed E-state index contributed by atoms with van der Waals surface area (Å²) in [5.74, 6) is -0.801. The van der Waals surface area contributed by atoms with Gasteiger partial charge < -0.3 is 15.7 Å². The molecule has 1 aliphatic rings. The smallest absolute Gasteiger partial charge is 0.317 e. The Labute approximate surface area is 112 Å². The first-order chi connectivity index (χ1) is 9.24. The Hall–Kier alpha value is -1.50. The van der Waals surface area contributed by atoms with E-state index < -0.39 is 5.97 Å². The molecule has 2 bridgehead atoms. The third kappa shape index (κ3) is 4.94. The zero-order valence-electron chi connectivity index (χ0n) is 10.9. The first kappa shape index (κ1) is 13.9. The van der Waals surface area contributed by atoms with Crippen molar-refractivity contribution < 1.29 is 9.90 Å². The summed E-state index contributed by atoms with van der Waals surface area (Å²) in [6.07, 6.45) is 0. The molecule has 2 heterocycles. The van der Waals surface area contributed by atoms with Crippen molar-refractivity contribution in [1.82, 2.24) is 20.5 Å². The lowest BCUT2D eigenvalue weighted by Crippen LogP contribution is -2.38. The van der Waals surface area contributed by atoms with E-state index in [9.17, 15) is 4.79 Å². The molecule has 19 heavy (non-hydrogen) atoms. The molecule has 2 rings (SSSR count). The second kappa shape index (κ2) is 7.18. The second-order valence-corrected chi connectivity index (χ2v) is 4.65. The van der Waals surface area contributed by atoms with Crippen molar-refractivity contribution in [2.24, 2.45) is 0 Å². The highest BCUT2D eigenvalue weighted by Gasteiger charge is 2.11. The van der Waals surface area contributed by atoms with E-state index in [1.165, 1.54) is 0 Å². The number of nitrogens with zero attached hydrogens (tertiary/aromatic N) is 2. The molecule has 0 unspecified atom stereocenters. The Bertz CT molecular complexity index is 425. The Balaban J connectivity index is 2.09. The molecule has 0 saturated carbocycles. The molecule has 0 saturated heterocycles. The van der Waals surface area contributed by atoms with Crippen LogP contribution in [0.2, 0.25) is 0 Å². The third-order valence-corrected chi connectivity index (χ3v) is 3.00. The van der Waals surface area contributed by atoms with Gasteiger partial charge in [0.15, 0.2) is 0 Å². The summed E-state index contributed by atoms with van der Waals surface area (Å²) in [7, 11) is 0. The Kier molecular flexibility index (Phi) is 5.26. The van der Waals surface area contributed by atoms with Crippen LogP contribution in [-0.4, -0.2) is 53.7 Å². The van der Waals surface area contributed by atoms with Gasteiger partial charge in [-0.1, -0.05) is 6.07 Å². The van der Waals surface area contributed by atoms with Crippen LogP contribution in [0, 0.1) is 0 Å². The molecule has 0 spiro atoms. The molecule has 0 radical (unpaired) electrons. The van der Waals surface area contributed by atoms with E-state index in [0.29, 0.717) is 13.1 Å². The van der Waals surface area contributed by atoms with Crippen LogP contribution in [0.4, 0.5) is 0 Å². The van der Waals surface area contributed by atoms with Gasteiger partial charge in [-0.25, -0.2) is 0 Å². The van der Waals surface area contributed by atoms with Crippen molar-refractivity contribution in [1.29, 1.82) is 0 Å². The Morgan fingerprint density at radius 1 is 1.26 bits per heavy atom. The van der Waals surface area contributed by atoms with Crippen molar-refractivity contribution in [3.63, 3.8) is 0 Å². The number of nitrogens with one attached hydrogen (secondary N) is 2. The summed E-state index contributed by atoms with van der Waals surface area (Å²) in [5, 5.41) is 15.6. The molecule has 6 heteroatoms. The van der Waals surface area contributed by atoms with Gasteiger partial charge in [0.2, 0.25) is 0 Å². The zero-order chi connectivity index (χ0) is 13.5. The van der Waals surface area contributed by atoms with Crippen LogP contribution >= 0.6 is 0 Å². The normalized spacial score (nSPS) is 18.3. The van der Waals surface area contributed by atoms with E-state index in [-0.39, 0.29) is 6.54 Å². The number of aliphatic carboxylic acids is 1. The first-order valence-corrected chi connectivity index (χ1v) is 6.54. The second-order valence-electron chi connectivity index (χ2n) is 4.65. The number of aromatic nitrogens is 1. The molecule has 3 N–H and O–H groups in total. The van der Waals surface area contributed by atoms with Gasteiger partial charge in [-0.2, -0.15) is 0 Å². The molecular formula is C13H20N4O2. The van der Waals surface area contributed by atoms with Crippen LogP contribution in [0.5, 0.6) is 0 Å². The molecule has 1 aromatic heterocycles. The number of rotatable bonds is 2. The van der Waals surface area contributed by atoms with E-state index in [1.807, 2.05) is 23.1 Å². The number of hydrogen-bond donors (Lipinski definition) is 3.